The van der Waals surface area contributed by atoms with Gasteiger partial charge < -0.3 is 14.2 Å². The monoisotopic (exact) mass is 1010 g/mol. The van der Waals surface area contributed by atoms with E-state index in [-0.39, 0.29) is 31.1 Å². The lowest BCUT2D eigenvalue weighted by Gasteiger charge is -2.18. The summed E-state index contributed by atoms with van der Waals surface area (Å²) in [4.78, 5) is 38.1. The number of unbranched alkanes of at least 4 members (excludes halogenated alkanes) is 45. The highest BCUT2D eigenvalue weighted by molar-refractivity contribution is 5.71. The standard InChI is InChI=1S/C66H124O6/c1-4-7-10-13-16-19-21-23-25-27-29-30-31-32-33-34-35-36-38-39-41-43-45-47-50-53-56-59-65(68)71-62-63(61-70-64(67)58-55-52-49-18-15-12-9-6-3)72-66(69)60-57-54-51-48-46-44-42-40-37-28-26-24-22-20-17-14-11-8-5-2/h24,26-27,29,63H,4-23,25,28,30-62H2,1-3H3/b26-24-,29-27-. The molecule has 0 radical (unpaired) electrons. The zero-order chi connectivity index (χ0) is 52.2. The van der Waals surface area contributed by atoms with Gasteiger partial charge >= 0.3 is 17.9 Å². The predicted molar refractivity (Wildman–Crippen MR) is 312 cm³/mol. The normalized spacial score (nSPS) is 12.1. The first-order chi connectivity index (χ1) is 35.5. The number of allylic oxidation sites excluding steroid dienone is 4. The molecule has 0 aliphatic heterocycles. The molecule has 0 N–H and O–H groups in total. The second-order valence-corrected chi connectivity index (χ2v) is 22.0. The number of hydrogen-bond donors (Lipinski definition) is 0. The van der Waals surface area contributed by atoms with E-state index in [1.807, 2.05) is 0 Å². The summed E-state index contributed by atoms with van der Waals surface area (Å²) < 4.78 is 16.9. The Kier molecular flexibility index (Phi) is 59.6. The summed E-state index contributed by atoms with van der Waals surface area (Å²) in [5, 5.41) is 0. The molecule has 1 atom stereocenters. The van der Waals surface area contributed by atoms with Gasteiger partial charge in [-0.25, -0.2) is 0 Å². The molecule has 6 nitrogen and oxygen atoms in total. The fourth-order valence-electron chi connectivity index (χ4n) is 9.79. The maximum absolute atomic E-state index is 12.9. The van der Waals surface area contributed by atoms with E-state index in [1.54, 1.807) is 0 Å². The first kappa shape index (κ1) is 69.9. The van der Waals surface area contributed by atoms with Crippen LogP contribution >= 0.6 is 0 Å². The first-order valence-electron chi connectivity index (χ1n) is 32.3. The third-order valence-corrected chi connectivity index (χ3v) is 14.7. The Hall–Kier alpha value is -2.11. The Morgan fingerprint density at radius 3 is 0.694 bits per heavy atom. The lowest BCUT2D eigenvalue weighted by atomic mass is 10.0. The van der Waals surface area contributed by atoms with Crippen molar-refractivity contribution < 1.29 is 28.6 Å². The molecule has 0 amide bonds. The molecule has 0 aliphatic carbocycles. The van der Waals surface area contributed by atoms with E-state index in [2.05, 4.69) is 45.1 Å². The third-order valence-electron chi connectivity index (χ3n) is 14.7. The van der Waals surface area contributed by atoms with Gasteiger partial charge in [0, 0.05) is 19.3 Å². The maximum Gasteiger partial charge on any atom is 0.306 e. The van der Waals surface area contributed by atoms with Crippen molar-refractivity contribution in [3.8, 4) is 0 Å². The molecule has 0 saturated heterocycles. The highest BCUT2D eigenvalue weighted by Crippen LogP contribution is 2.17. The molecule has 424 valence electrons. The summed E-state index contributed by atoms with van der Waals surface area (Å²) in [7, 11) is 0. The zero-order valence-electron chi connectivity index (χ0n) is 48.7. The van der Waals surface area contributed by atoms with Crippen LogP contribution in [0.3, 0.4) is 0 Å². The van der Waals surface area contributed by atoms with E-state index in [9.17, 15) is 14.4 Å². The molecule has 6 heteroatoms. The van der Waals surface area contributed by atoms with Crippen molar-refractivity contribution in [3.63, 3.8) is 0 Å². The molecular weight excluding hydrogens is 889 g/mol. The SMILES string of the molecule is CCCCCCCC/C=C\CCCCCCCCCCCC(=O)OC(COC(=O)CCCCCCCCCC)COC(=O)CCCCCCCCCCCCCCCCC/C=C\CCCCCCCCCC. The second kappa shape index (κ2) is 61.4. The average molecular weight is 1010 g/mol. The average Bonchev–Trinajstić information content (AvgIpc) is 3.38. The molecule has 0 spiro atoms. The molecule has 0 fully saturated rings. The summed E-state index contributed by atoms with van der Waals surface area (Å²) in [5.74, 6) is -0.850. The fourth-order valence-corrected chi connectivity index (χ4v) is 9.79. The summed E-state index contributed by atoms with van der Waals surface area (Å²) in [5.41, 5.74) is 0. The molecular formula is C66H124O6. The molecule has 0 aromatic carbocycles. The van der Waals surface area contributed by atoms with Crippen LogP contribution in [0.1, 0.15) is 361 Å². The van der Waals surface area contributed by atoms with Crippen molar-refractivity contribution >= 4 is 17.9 Å². The van der Waals surface area contributed by atoms with Gasteiger partial charge in [0.25, 0.3) is 0 Å². The summed E-state index contributed by atoms with van der Waals surface area (Å²) in [6, 6.07) is 0. The molecule has 0 bridgehead atoms. The van der Waals surface area contributed by atoms with Crippen LogP contribution in [0.5, 0.6) is 0 Å². The van der Waals surface area contributed by atoms with Gasteiger partial charge in [-0.2, -0.15) is 0 Å². The lowest BCUT2D eigenvalue weighted by molar-refractivity contribution is -0.167. The van der Waals surface area contributed by atoms with Crippen molar-refractivity contribution in [2.45, 2.75) is 367 Å². The Bertz CT molecular complexity index is 1160. The summed E-state index contributed by atoms with van der Waals surface area (Å²) >= 11 is 0. The predicted octanol–water partition coefficient (Wildman–Crippen LogP) is 21.8. The lowest BCUT2D eigenvalue weighted by Crippen LogP contribution is -2.30. The number of carbonyl (C=O) groups excluding carboxylic acids is 3. The molecule has 0 aromatic rings. The Morgan fingerprint density at radius 1 is 0.264 bits per heavy atom. The number of ether oxygens (including phenoxy) is 3. The molecule has 0 aromatic heterocycles. The van der Waals surface area contributed by atoms with Gasteiger partial charge in [-0.15, -0.1) is 0 Å². The number of rotatable bonds is 60. The van der Waals surface area contributed by atoms with Crippen LogP contribution in [0, 0.1) is 0 Å². The maximum atomic E-state index is 12.9. The van der Waals surface area contributed by atoms with Crippen molar-refractivity contribution in [1.29, 1.82) is 0 Å². The van der Waals surface area contributed by atoms with Crippen LogP contribution in [0.25, 0.3) is 0 Å². The molecule has 0 saturated carbocycles. The summed E-state index contributed by atoms with van der Waals surface area (Å²) in [6.07, 6.45) is 73.5. The second-order valence-electron chi connectivity index (χ2n) is 22.0. The molecule has 0 heterocycles. The van der Waals surface area contributed by atoms with Gasteiger partial charge in [0.1, 0.15) is 13.2 Å². The highest BCUT2D eigenvalue weighted by Gasteiger charge is 2.19. The van der Waals surface area contributed by atoms with Crippen molar-refractivity contribution in [1.82, 2.24) is 0 Å². The number of hydrogen-bond acceptors (Lipinski definition) is 6. The minimum atomic E-state index is -0.767. The zero-order valence-corrected chi connectivity index (χ0v) is 48.7. The molecule has 0 rings (SSSR count). The smallest absolute Gasteiger partial charge is 0.306 e. The Balaban J connectivity index is 4.09. The van der Waals surface area contributed by atoms with Crippen LogP contribution in [0.15, 0.2) is 24.3 Å². The van der Waals surface area contributed by atoms with E-state index in [0.717, 1.165) is 57.8 Å². The molecule has 1 unspecified atom stereocenters. The fraction of sp³-hybridized carbons (Fsp3) is 0.894. The third kappa shape index (κ3) is 58.8. The van der Waals surface area contributed by atoms with E-state index in [0.29, 0.717) is 19.3 Å². The van der Waals surface area contributed by atoms with Gasteiger partial charge in [-0.05, 0) is 70.6 Å². The van der Waals surface area contributed by atoms with Crippen LogP contribution in [-0.2, 0) is 28.6 Å². The van der Waals surface area contributed by atoms with E-state index in [4.69, 9.17) is 14.2 Å². The van der Waals surface area contributed by atoms with Gasteiger partial charge in [-0.1, -0.05) is 295 Å². The van der Waals surface area contributed by atoms with Crippen LogP contribution in [-0.4, -0.2) is 37.2 Å². The topological polar surface area (TPSA) is 78.9 Å². The van der Waals surface area contributed by atoms with Gasteiger partial charge in [-0.3, -0.25) is 14.4 Å². The van der Waals surface area contributed by atoms with E-state index < -0.39 is 6.10 Å². The first-order valence-corrected chi connectivity index (χ1v) is 32.3. The quantitative estimate of drug-likeness (QED) is 0.0261. The Labute approximate surface area is 449 Å². The number of carbonyl (C=O) groups is 3. The van der Waals surface area contributed by atoms with E-state index in [1.165, 1.54) is 263 Å². The molecule has 72 heavy (non-hydrogen) atoms. The van der Waals surface area contributed by atoms with Gasteiger partial charge in [0.15, 0.2) is 6.10 Å². The van der Waals surface area contributed by atoms with Crippen LogP contribution in [0.4, 0.5) is 0 Å². The summed E-state index contributed by atoms with van der Waals surface area (Å²) in [6.45, 7) is 6.66. The van der Waals surface area contributed by atoms with Crippen molar-refractivity contribution in [2.75, 3.05) is 13.2 Å². The van der Waals surface area contributed by atoms with Gasteiger partial charge in [0.05, 0.1) is 0 Å². The van der Waals surface area contributed by atoms with Gasteiger partial charge in [0.2, 0.25) is 0 Å². The minimum absolute atomic E-state index is 0.0670. The highest BCUT2D eigenvalue weighted by atomic mass is 16.6. The molecule has 0 aliphatic rings. The largest absolute Gasteiger partial charge is 0.462 e. The number of esters is 3. The van der Waals surface area contributed by atoms with Crippen molar-refractivity contribution in [2.24, 2.45) is 0 Å². The minimum Gasteiger partial charge on any atom is -0.462 e. The van der Waals surface area contributed by atoms with Crippen LogP contribution in [0.2, 0.25) is 0 Å². The van der Waals surface area contributed by atoms with E-state index >= 15 is 0 Å². The van der Waals surface area contributed by atoms with Crippen LogP contribution < -0.4 is 0 Å². The Morgan fingerprint density at radius 2 is 0.458 bits per heavy atom. The van der Waals surface area contributed by atoms with Crippen molar-refractivity contribution in [3.05, 3.63) is 24.3 Å².